The summed E-state index contributed by atoms with van der Waals surface area (Å²) in [6.07, 6.45) is 0.635. The number of carboxylic acid groups (broad SMARTS) is 2. The number of carbonyl (C=O) groups is 4. The Morgan fingerprint density at radius 2 is 1.45 bits per heavy atom. The number of aromatic nitrogens is 2. The van der Waals surface area contributed by atoms with E-state index in [4.69, 9.17) is 9.15 Å². The van der Waals surface area contributed by atoms with Gasteiger partial charge in [0.2, 0.25) is 0 Å². The Bertz CT molecular complexity index is 3050. The fourth-order valence-corrected chi connectivity index (χ4v) is 7.05. The van der Waals surface area contributed by atoms with Crippen LogP contribution in [0, 0.1) is 0 Å². The largest absolute Gasteiger partial charge is 0.507 e. The van der Waals surface area contributed by atoms with Gasteiger partial charge < -0.3 is 35.1 Å². The summed E-state index contributed by atoms with van der Waals surface area (Å²) in [5.74, 6) is -3.33. The van der Waals surface area contributed by atoms with E-state index < -0.39 is 23.3 Å². The summed E-state index contributed by atoms with van der Waals surface area (Å²) in [7, 11) is 1.20. The van der Waals surface area contributed by atoms with Gasteiger partial charge in [0.15, 0.2) is 11.7 Å². The second-order valence-corrected chi connectivity index (χ2v) is 13.2. The van der Waals surface area contributed by atoms with E-state index in [-0.39, 0.29) is 69.4 Å². The fourth-order valence-electron chi connectivity index (χ4n) is 7.05. The zero-order chi connectivity index (χ0) is 40.7. The van der Waals surface area contributed by atoms with Crippen LogP contribution >= 0.6 is 0 Å². The number of esters is 1. The molecule has 4 aromatic carbocycles. The van der Waals surface area contributed by atoms with Crippen LogP contribution in [0.5, 0.6) is 5.75 Å². The number of phenolic OH excluding ortho intramolecular Hbond substituents is 1. The van der Waals surface area contributed by atoms with Crippen molar-refractivity contribution in [1.82, 2.24) is 9.97 Å². The number of nitrogens with zero attached hydrogens (tertiary/aromatic N) is 2. The molecule has 0 fully saturated rings. The van der Waals surface area contributed by atoms with Crippen molar-refractivity contribution in [2.24, 2.45) is 0 Å². The molecule has 0 bridgehead atoms. The van der Waals surface area contributed by atoms with E-state index in [1.54, 1.807) is 54.6 Å². The van der Waals surface area contributed by atoms with Gasteiger partial charge in [0.25, 0.3) is 0 Å². The van der Waals surface area contributed by atoms with Crippen molar-refractivity contribution in [2.75, 3.05) is 17.7 Å². The van der Waals surface area contributed by atoms with Gasteiger partial charge in [-0.1, -0.05) is 36.4 Å². The number of phenols is 1. The molecular formula is C44H30N4O10. The number of benzene rings is 5. The first-order chi connectivity index (χ1) is 28.1. The Labute approximate surface area is 327 Å². The van der Waals surface area contributed by atoms with Crippen molar-refractivity contribution < 1.29 is 43.7 Å². The standard InChI is InChI=1S/C44H30N4O10/c1-57-44(56)26-12-9-24(42(52)53)18-29(26)37-27-13-16-35(50)30(19-45-32-6-2-4-22-8-11-25(21-49)47-38(22)32)40(27)58-41-28(37)14-17-36(51)31(41)20-46-33-7-3-5-23-10-15-34(43(54)55)48-39(23)33/h2-18,21,45-46,51H,19-20H2,1H3,(H,52,53)(H,54,55). The van der Waals surface area contributed by atoms with Crippen LogP contribution in [-0.4, -0.2) is 56.6 Å². The maximum Gasteiger partial charge on any atom is 0.354 e. The highest BCUT2D eigenvalue weighted by molar-refractivity contribution is 6.10. The van der Waals surface area contributed by atoms with Crippen molar-refractivity contribution >= 4 is 68.3 Å². The van der Waals surface area contributed by atoms with Gasteiger partial charge in [-0.05, 0) is 72.3 Å². The normalized spacial score (nSPS) is 11.2. The SMILES string of the molecule is COC(=O)c1ccc(C(=O)O)cc1-c1c2ccc(=O)c(CNc3cccc4ccc(C=O)nc34)c-2oc2c(CNc3cccc4ccc(C(=O)O)nc34)c(O)ccc12. The summed E-state index contributed by atoms with van der Waals surface area (Å²) in [6.45, 7) is -0.199. The van der Waals surface area contributed by atoms with Gasteiger partial charge in [-0.2, -0.15) is 0 Å². The van der Waals surface area contributed by atoms with Crippen molar-refractivity contribution in [3.05, 3.63) is 147 Å². The zero-order valence-electron chi connectivity index (χ0n) is 30.4. The minimum Gasteiger partial charge on any atom is -0.507 e. The van der Waals surface area contributed by atoms with Crippen molar-refractivity contribution in [1.29, 1.82) is 0 Å². The Morgan fingerprint density at radius 3 is 2.12 bits per heavy atom. The molecule has 1 aliphatic heterocycles. The van der Waals surface area contributed by atoms with E-state index in [1.165, 1.54) is 49.6 Å². The van der Waals surface area contributed by atoms with Crippen molar-refractivity contribution in [3.63, 3.8) is 0 Å². The molecule has 6 aromatic rings. The lowest BCUT2D eigenvalue weighted by Gasteiger charge is -2.21. The van der Waals surface area contributed by atoms with Crippen LogP contribution < -0.4 is 16.1 Å². The van der Waals surface area contributed by atoms with Crippen LogP contribution in [-0.2, 0) is 17.8 Å². The van der Waals surface area contributed by atoms with Gasteiger partial charge in [-0.25, -0.2) is 24.4 Å². The molecule has 5 N–H and O–H groups in total. The lowest BCUT2D eigenvalue weighted by atomic mass is 9.87. The fraction of sp³-hybridized carbons (Fsp3) is 0.0682. The highest BCUT2D eigenvalue weighted by atomic mass is 16.5. The first-order valence-corrected chi connectivity index (χ1v) is 17.7. The molecule has 8 rings (SSSR count). The molecule has 0 saturated heterocycles. The summed E-state index contributed by atoms with van der Waals surface area (Å²) < 4.78 is 11.8. The summed E-state index contributed by atoms with van der Waals surface area (Å²) in [5.41, 5.74) is 2.68. The number of nitrogens with one attached hydrogen (secondary N) is 2. The molecule has 0 radical (unpaired) electrons. The Morgan fingerprint density at radius 1 is 0.759 bits per heavy atom. The van der Waals surface area contributed by atoms with Crippen LogP contribution in [0.4, 0.5) is 11.4 Å². The average molecular weight is 775 g/mol. The number of carboxylic acids is 2. The van der Waals surface area contributed by atoms with E-state index >= 15 is 0 Å². The Hall–Kier alpha value is -8.13. The summed E-state index contributed by atoms with van der Waals surface area (Å²) in [6, 6.07) is 26.8. The predicted molar refractivity (Wildman–Crippen MR) is 215 cm³/mol. The van der Waals surface area contributed by atoms with Crippen LogP contribution in [0.3, 0.4) is 0 Å². The average Bonchev–Trinajstić information content (AvgIpc) is 3.24. The van der Waals surface area contributed by atoms with E-state index in [0.29, 0.717) is 50.6 Å². The van der Waals surface area contributed by atoms with Gasteiger partial charge in [0, 0.05) is 40.4 Å². The topological polar surface area (TPSA) is 218 Å². The number of rotatable bonds is 11. The molecule has 2 aliphatic rings. The first kappa shape index (κ1) is 36.8. The minimum atomic E-state index is -1.25. The van der Waals surface area contributed by atoms with Crippen LogP contribution in [0.2, 0.25) is 0 Å². The molecule has 58 heavy (non-hydrogen) atoms. The molecule has 2 aromatic heterocycles. The number of methoxy groups -OCH3 is 1. The summed E-state index contributed by atoms with van der Waals surface area (Å²) in [4.78, 5) is 71.5. The lowest BCUT2D eigenvalue weighted by Crippen LogP contribution is -2.15. The molecule has 14 heteroatoms. The number of fused-ring (bicyclic) bond motifs is 4. The molecule has 3 heterocycles. The number of hydrogen-bond donors (Lipinski definition) is 5. The molecule has 14 nitrogen and oxygen atoms in total. The first-order valence-electron chi connectivity index (χ1n) is 17.7. The van der Waals surface area contributed by atoms with Crippen molar-refractivity contribution in [2.45, 2.75) is 13.1 Å². The lowest BCUT2D eigenvalue weighted by molar-refractivity contribution is 0.0598. The van der Waals surface area contributed by atoms with Crippen LogP contribution in [0.25, 0.3) is 55.2 Å². The summed E-state index contributed by atoms with van der Waals surface area (Å²) >= 11 is 0. The summed E-state index contributed by atoms with van der Waals surface area (Å²) in [5, 5.41) is 39.3. The molecule has 0 spiro atoms. The molecular weight excluding hydrogens is 745 g/mol. The minimum absolute atomic E-state index is 0.0313. The maximum absolute atomic E-state index is 13.8. The number of pyridine rings is 2. The molecule has 0 atom stereocenters. The van der Waals surface area contributed by atoms with E-state index in [2.05, 4.69) is 20.6 Å². The number of para-hydroxylation sites is 2. The molecule has 1 aliphatic carbocycles. The van der Waals surface area contributed by atoms with Crippen LogP contribution in [0.1, 0.15) is 52.8 Å². The highest BCUT2D eigenvalue weighted by Crippen LogP contribution is 2.45. The van der Waals surface area contributed by atoms with E-state index in [9.17, 15) is 39.3 Å². The third kappa shape index (κ3) is 6.53. The molecule has 0 saturated carbocycles. The van der Waals surface area contributed by atoms with Gasteiger partial charge in [0.1, 0.15) is 28.5 Å². The predicted octanol–water partition coefficient (Wildman–Crippen LogP) is 7.59. The Balaban J connectivity index is 1.35. The third-order valence-corrected chi connectivity index (χ3v) is 9.85. The zero-order valence-corrected chi connectivity index (χ0v) is 30.4. The quantitative estimate of drug-likeness (QED) is 0.0486. The molecule has 0 unspecified atom stereocenters. The number of aldehydes is 1. The molecule has 0 amide bonds. The van der Waals surface area contributed by atoms with Gasteiger partial charge in [0.05, 0.1) is 51.8 Å². The number of aromatic hydroxyl groups is 1. The number of ether oxygens (including phenoxy) is 1. The van der Waals surface area contributed by atoms with Gasteiger partial charge in [-0.15, -0.1) is 0 Å². The second-order valence-electron chi connectivity index (χ2n) is 13.2. The Kier molecular flexibility index (Phi) is 9.42. The molecule has 286 valence electrons. The van der Waals surface area contributed by atoms with Gasteiger partial charge >= 0.3 is 17.9 Å². The monoisotopic (exact) mass is 774 g/mol. The number of aromatic carboxylic acids is 2. The van der Waals surface area contributed by atoms with Crippen LogP contribution in [0.15, 0.2) is 112 Å². The van der Waals surface area contributed by atoms with E-state index in [0.717, 1.165) is 5.39 Å². The van der Waals surface area contributed by atoms with Crippen molar-refractivity contribution in [3.8, 4) is 28.2 Å². The number of hydrogen-bond acceptors (Lipinski definition) is 12. The maximum atomic E-state index is 13.8. The second kappa shape index (κ2) is 14.8. The van der Waals surface area contributed by atoms with E-state index in [1.807, 2.05) is 6.07 Å². The number of carbonyl (C=O) groups excluding carboxylic acids is 2. The highest BCUT2D eigenvalue weighted by Gasteiger charge is 2.28. The van der Waals surface area contributed by atoms with Gasteiger partial charge in [-0.3, -0.25) is 9.59 Å². The number of anilines is 2. The smallest absolute Gasteiger partial charge is 0.354 e. The third-order valence-electron chi connectivity index (χ3n) is 9.85.